The summed E-state index contributed by atoms with van der Waals surface area (Å²) in [6.07, 6.45) is 1.13. The molecule has 0 aliphatic heterocycles. The number of hydrogen-bond acceptors (Lipinski definition) is 1. The van der Waals surface area contributed by atoms with Crippen LogP contribution in [0.2, 0.25) is 0 Å². The molecule has 0 radical (unpaired) electrons. The van der Waals surface area contributed by atoms with Crippen LogP contribution in [0.15, 0.2) is 42.5 Å². The second-order valence-electron chi connectivity index (χ2n) is 4.28. The van der Waals surface area contributed by atoms with E-state index in [4.69, 9.17) is 0 Å². The molecule has 0 fully saturated rings. The first-order valence-corrected chi connectivity index (χ1v) is 5.96. The van der Waals surface area contributed by atoms with Crippen molar-refractivity contribution in [2.24, 2.45) is 0 Å². The van der Waals surface area contributed by atoms with Gasteiger partial charge in [-0.3, -0.25) is 0 Å². The summed E-state index contributed by atoms with van der Waals surface area (Å²) in [4.78, 5) is 2.35. The van der Waals surface area contributed by atoms with E-state index in [2.05, 4.69) is 61.3 Å². The molecule has 1 nitrogen and oxygen atoms in total. The van der Waals surface area contributed by atoms with Gasteiger partial charge in [0.2, 0.25) is 0 Å². The average Bonchev–Trinajstić information content (AvgIpc) is 2.35. The van der Waals surface area contributed by atoms with E-state index in [-0.39, 0.29) is 0 Å². The molecule has 1 heteroatoms. The molecule has 16 heavy (non-hydrogen) atoms. The fraction of sp³-hybridized carbons (Fsp3) is 0.333. The Balaban J connectivity index is 2.23. The Labute approximate surface area is 97.7 Å². The lowest BCUT2D eigenvalue weighted by atomic mass is 10.0. The van der Waals surface area contributed by atoms with Gasteiger partial charge in [-0.25, -0.2) is 0 Å². The molecule has 0 amide bonds. The van der Waals surface area contributed by atoms with Gasteiger partial charge in [-0.2, -0.15) is 0 Å². The minimum Gasteiger partial charge on any atom is -0.306 e. The van der Waals surface area contributed by atoms with Gasteiger partial charge in [-0.1, -0.05) is 49.4 Å². The van der Waals surface area contributed by atoms with Crippen molar-refractivity contribution in [1.29, 1.82) is 0 Å². The topological polar surface area (TPSA) is 3.24 Å². The van der Waals surface area contributed by atoms with E-state index in [1.165, 1.54) is 16.3 Å². The van der Waals surface area contributed by atoms with Crippen molar-refractivity contribution in [3.8, 4) is 0 Å². The quantitative estimate of drug-likeness (QED) is 0.753. The Morgan fingerprint density at radius 1 is 1.00 bits per heavy atom. The molecule has 2 aromatic rings. The number of benzene rings is 2. The zero-order valence-corrected chi connectivity index (χ0v) is 10.1. The predicted octanol–water partition coefficient (Wildman–Crippen LogP) is 3.33. The highest BCUT2D eigenvalue weighted by atomic mass is 15.1. The molecule has 0 spiro atoms. The number of likely N-dealkylation sites (N-methyl/N-ethyl adjacent to an activating group) is 1. The summed E-state index contributed by atoms with van der Waals surface area (Å²) in [5, 5.41) is 2.74. The van der Waals surface area contributed by atoms with Crippen LogP contribution in [0.4, 0.5) is 0 Å². The van der Waals surface area contributed by atoms with Crippen LogP contribution in [0, 0.1) is 0 Å². The van der Waals surface area contributed by atoms with E-state index in [9.17, 15) is 0 Å². The molecule has 0 saturated heterocycles. The van der Waals surface area contributed by atoms with Crippen molar-refractivity contribution in [3.05, 3.63) is 48.0 Å². The Morgan fingerprint density at radius 2 is 1.75 bits per heavy atom. The first-order chi connectivity index (χ1) is 7.81. The summed E-state index contributed by atoms with van der Waals surface area (Å²) >= 11 is 0. The fourth-order valence-electron chi connectivity index (χ4n) is 1.98. The van der Waals surface area contributed by atoms with Gasteiger partial charge in [-0.15, -0.1) is 0 Å². The van der Waals surface area contributed by atoms with Crippen molar-refractivity contribution in [2.75, 3.05) is 20.1 Å². The van der Waals surface area contributed by atoms with Crippen LogP contribution in [-0.4, -0.2) is 25.0 Å². The highest BCUT2D eigenvalue weighted by molar-refractivity contribution is 5.85. The van der Waals surface area contributed by atoms with E-state index >= 15 is 0 Å². The summed E-state index contributed by atoms with van der Waals surface area (Å²) in [5.74, 6) is 0. The lowest BCUT2D eigenvalue weighted by molar-refractivity contribution is 0.358. The molecule has 2 aromatic carbocycles. The van der Waals surface area contributed by atoms with Crippen molar-refractivity contribution >= 4 is 10.8 Å². The predicted molar refractivity (Wildman–Crippen MR) is 70.8 cm³/mol. The first-order valence-electron chi connectivity index (χ1n) is 5.96. The van der Waals surface area contributed by atoms with Crippen LogP contribution in [-0.2, 0) is 6.42 Å². The monoisotopic (exact) mass is 213 g/mol. The minimum absolute atomic E-state index is 1.12. The third-order valence-corrected chi connectivity index (χ3v) is 3.18. The maximum atomic E-state index is 2.35. The molecule has 0 aliphatic carbocycles. The van der Waals surface area contributed by atoms with E-state index in [0.717, 1.165) is 19.5 Å². The summed E-state index contributed by atoms with van der Waals surface area (Å²) in [5.41, 5.74) is 1.46. The van der Waals surface area contributed by atoms with E-state index in [1.807, 2.05) is 0 Å². The molecule has 0 atom stereocenters. The highest BCUT2D eigenvalue weighted by Crippen LogP contribution is 2.18. The molecule has 84 valence electrons. The maximum absolute atomic E-state index is 2.35. The summed E-state index contributed by atoms with van der Waals surface area (Å²) in [6, 6.07) is 15.2. The number of rotatable bonds is 4. The van der Waals surface area contributed by atoms with Gasteiger partial charge < -0.3 is 4.90 Å². The Hall–Kier alpha value is -1.34. The molecule has 0 aliphatic rings. The van der Waals surface area contributed by atoms with Gasteiger partial charge in [0.05, 0.1) is 0 Å². The maximum Gasteiger partial charge on any atom is 0.00189 e. The molecule has 2 rings (SSSR count). The molecule has 0 aromatic heterocycles. The molecule has 0 unspecified atom stereocenters. The largest absolute Gasteiger partial charge is 0.306 e. The third kappa shape index (κ3) is 2.42. The van der Waals surface area contributed by atoms with Crippen LogP contribution < -0.4 is 0 Å². The SMILES string of the molecule is CCN(C)CCc1cccc2ccccc12. The smallest absolute Gasteiger partial charge is 0.00189 e. The normalized spacial score (nSPS) is 11.2. The van der Waals surface area contributed by atoms with E-state index in [1.54, 1.807) is 0 Å². The molecule has 0 bridgehead atoms. The molecule has 0 N–H and O–H groups in total. The van der Waals surface area contributed by atoms with Gasteiger partial charge in [0.1, 0.15) is 0 Å². The lowest BCUT2D eigenvalue weighted by Gasteiger charge is -2.14. The van der Waals surface area contributed by atoms with Gasteiger partial charge >= 0.3 is 0 Å². The van der Waals surface area contributed by atoms with Crippen molar-refractivity contribution in [3.63, 3.8) is 0 Å². The Bertz CT molecular complexity index is 456. The second kappa shape index (κ2) is 5.13. The van der Waals surface area contributed by atoms with Crippen LogP contribution in [0.25, 0.3) is 10.8 Å². The zero-order chi connectivity index (χ0) is 11.4. The summed E-state index contributed by atoms with van der Waals surface area (Å²) in [7, 11) is 2.17. The number of nitrogens with zero attached hydrogens (tertiary/aromatic N) is 1. The van der Waals surface area contributed by atoms with Gasteiger partial charge in [0.15, 0.2) is 0 Å². The molecule has 0 heterocycles. The van der Waals surface area contributed by atoms with Crippen LogP contribution in [0.1, 0.15) is 12.5 Å². The Morgan fingerprint density at radius 3 is 2.56 bits per heavy atom. The molecular weight excluding hydrogens is 194 g/mol. The second-order valence-corrected chi connectivity index (χ2v) is 4.28. The minimum atomic E-state index is 1.12. The van der Waals surface area contributed by atoms with Gasteiger partial charge in [0.25, 0.3) is 0 Å². The van der Waals surface area contributed by atoms with Crippen LogP contribution >= 0.6 is 0 Å². The number of fused-ring (bicyclic) bond motifs is 1. The Kier molecular flexibility index (Phi) is 3.58. The summed E-state index contributed by atoms with van der Waals surface area (Å²) < 4.78 is 0. The van der Waals surface area contributed by atoms with Gasteiger partial charge in [0, 0.05) is 6.54 Å². The van der Waals surface area contributed by atoms with E-state index < -0.39 is 0 Å². The average molecular weight is 213 g/mol. The lowest BCUT2D eigenvalue weighted by Crippen LogP contribution is -2.20. The first kappa shape index (κ1) is 11.2. The van der Waals surface area contributed by atoms with Crippen molar-refractivity contribution < 1.29 is 0 Å². The molecule has 0 saturated carbocycles. The number of hydrogen-bond donors (Lipinski definition) is 0. The molecular formula is C15H19N. The van der Waals surface area contributed by atoms with Gasteiger partial charge in [-0.05, 0) is 36.3 Å². The fourth-order valence-corrected chi connectivity index (χ4v) is 1.98. The van der Waals surface area contributed by atoms with Crippen molar-refractivity contribution in [1.82, 2.24) is 4.90 Å². The van der Waals surface area contributed by atoms with E-state index in [0.29, 0.717) is 0 Å². The van der Waals surface area contributed by atoms with Crippen LogP contribution in [0.5, 0.6) is 0 Å². The zero-order valence-electron chi connectivity index (χ0n) is 10.1. The third-order valence-electron chi connectivity index (χ3n) is 3.18. The standard InChI is InChI=1S/C15H19N/c1-3-16(2)12-11-14-9-6-8-13-7-4-5-10-15(13)14/h4-10H,3,11-12H2,1-2H3. The highest BCUT2D eigenvalue weighted by Gasteiger charge is 2.01. The summed E-state index contributed by atoms with van der Waals surface area (Å²) in [6.45, 7) is 4.44. The van der Waals surface area contributed by atoms with Crippen LogP contribution in [0.3, 0.4) is 0 Å². The van der Waals surface area contributed by atoms with Crippen molar-refractivity contribution in [2.45, 2.75) is 13.3 Å².